The minimum Gasteiger partial charge on any atom is -0.494 e. The number of ketones is 1. The molecule has 0 aromatic heterocycles. The fourth-order valence-corrected chi connectivity index (χ4v) is 2.32. The van der Waals surface area contributed by atoms with E-state index in [0.29, 0.717) is 6.42 Å². The first kappa shape index (κ1) is 17.1. The Kier molecular flexibility index (Phi) is 5.81. The molecule has 6 nitrogen and oxygen atoms in total. The molecular formula is C16H18FNO5. The Labute approximate surface area is 133 Å². The third kappa shape index (κ3) is 4.59. The van der Waals surface area contributed by atoms with Gasteiger partial charge in [-0.25, -0.2) is 9.18 Å². The van der Waals surface area contributed by atoms with Crippen LogP contribution in [-0.4, -0.2) is 37.4 Å². The molecule has 0 unspecified atom stereocenters. The highest BCUT2D eigenvalue weighted by atomic mass is 19.1. The highest BCUT2D eigenvalue weighted by Gasteiger charge is 2.25. The zero-order chi connectivity index (χ0) is 16.8. The van der Waals surface area contributed by atoms with Crippen molar-refractivity contribution in [3.8, 4) is 5.75 Å². The van der Waals surface area contributed by atoms with Gasteiger partial charge in [-0.05, 0) is 37.6 Å². The van der Waals surface area contributed by atoms with E-state index < -0.39 is 29.6 Å². The Morgan fingerprint density at radius 3 is 2.70 bits per heavy atom. The van der Waals surface area contributed by atoms with E-state index in [4.69, 9.17) is 9.47 Å². The Morgan fingerprint density at radius 2 is 2.09 bits per heavy atom. The molecule has 1 aliphatic heterocycles. The summed E-state index contributed by atoms with van der Waals surface area (Å²) in [6.07, 6.45) is 1.10. The minimum absolute atomic E-state index is 0.0376. The molecule has 0 aliphatic carbocycles. The molecule has 0 spiro atoms. The lowest BCUT2D eigenvalue weighted by Crippen LogP contribution is -2.33. The molecule has 2 rings (SSSR count). The van der Waals surface area contributed by atoms with Gasteiger partial charge in [0.15, 0.2) is 17.3 Å². The molecule has 1 heterocycles. The molecule has 0 saturated carbocycles. The molecule has 1 aromatic carbocycles. The maximum atomic E-state index is 13.5. The molecule has 1 aromatic rings. The number of hydrogen-bond donors (Lipinski definition) is 1. The predicted molar refractivity (Wildman–Crippen MR) is 78.6 cm³/mol. The smallest absolute Gasteiger partial charge is 0.330 e. The summed E-state index contributed by atoms with van der Waals surface area (Å²) < 4.78 is 23.0. The standard InChI is InChI=1S/C16H18FNO5/c1-22-14-6-4-10(9-11(14)17)13(19)5-7-15(20)23-16(21)12-3-2-8-18-12/h4,6,9,12,18H,2-3,5,7-8H2,1H3/t12-/m0/s1. The van der Waals surface area contributed by atoms with E-state index >= 15 is 0 Å². The number of nitrogens with one attached hydrogen (secondary N) is 1. The predicted octanol–water partition coefficient (Wildman–Crippen LogP) is 1.62. The van der Waals surface area contributed by atoms with E-state index in [9.17, 15) is 18.8 Å². The van der Waals surface area contributed by atoms with Crippen LogP contribution in [0.2, 0.25) is 0 Å². The summed E-state index contributed by atoms with van der Waals surface area (Å²) in [5.41, 5.74) is 0.139. The van der Waals surface area contributed by atoms with E-state index in [1.807, 2.05) is 0 Å². The van der Waals surface area contributed by atoms with E-state index in [2.05, 4.69) is 5.32 Å². The van der Waals surface area contributed by atoms with Gasteiger partial charge in [-0.3, -0.25) is 9.59 Å². The first-order valence-corrected chi connectivity index (χ1v) is 7.36. The van der Waals surface area contributed by atoms with Gasteiger partial charge in [-0.15, -0.1) is 0 Å². The van der Waals surface area contributed by atoms with Crippen LogP contribution in [0.15, 0.2) is 18.2 Å². The van der Waals surface area contributed by atoms with Crippen LogP contribution in [0.25, 0.3) is 0 Å². The number of carbonyl (C=O) groups is 3. The maximum absolute atomic E-state index is 13.5. The van der Waals surface area contributed by atoms with Crippen molar-refractivity contribution in [1.82, 2.24) is 5.32 Å². The fraction of sp³-hybridized carbons (Fsp3) is 0.438. The molecule has 1 saturated heterocycles. The molecule has 1 N–H and O–H groups in total. The van der Waals surface area contributed by atoms with Crippen molar-refractivity contribution in [3.63, 3.8) is 0 Å². The van der Waals surface area contributed by atoms with Crippen molar-refractivity contribution < 1.29 is 28.2 Å². The SMILES string of the molecule is COc1ccc(C(=O)CCC(=O)OC(=O)[C@@H]2CCCN2)cc1F. The highest BCUT2D eigenvalue weighted by Crippen LogP contribution is 2.19. The van der Waals surface area contributed by atoms with Gasteiger partial charge in [-0.1, -0.05) is 0 Å². The first-order valence-electron chi connectivity index (χ1n) is 7.36. The number of hydrogen-bond acceptors (Lipinski definition) is 6. The van der Waals surface area contributed by atoms with Gasteiger partial charge in [0.25, 0.3) is 0 Å². The van der Waals surface area contributed by atoms with Crippen LogP contribution < -0.4 is 10.1 Å². The van der Waals surface area contributed by atoms with Gasteiger partial charge in [-0.2, -0.15) is 0 Å². The number of Topliss-reactive ketones (excluding diaryl/α,β-unsaturated/α-hetero) is 1. The van der Waals surface area contributed by atoms with E-state index in [0.717, 1.165) is 19.0 Å². The summed E-state index contributed by atoms with van der Waals surface area (Å²) in [7, 11) is 1.33. The zero-order valence-corrected chi connectivity index (χ0v) is 12.8. The second-order valence-electron chi connectivity index (χ2n) is 5.21. The van der Waals surface area contributed by atoms with E-state index in [1.165, 1.54) is 19.2 Å². The number of rotatable bonds is 6. The summed E-state index contributed by atoms with van der Waals surface area (Å²) in [5, 5.41) is 2.92. The molecule has 1 fully saturated rings. The summed E-state index contributed by atoms with van der Waals surface area (Å²) >= 11 is 0. The first-order chi connectivity index (χ1) is 11.0. The second kappa shape index (κ2) is 7.82. The number of esters is 2. The quantitative estimate of drug-likeness (QED) is 0.487. The number of benzene rings is 1. The Hall–Kier alpha value is -2.28. The average Bonchev–Trinajstić information content (AvgIpc) is 3.07. The minimum atomic E-state index is -0.758. The topological polar surface area (TPSA) is 81.7 Å². The lowest BCUT2D eigenvalue weighted by atomic mass is 10.1. The Balaban J connectivity index is 1.82. The maximum Gasteiger partial charge on any atom is 0.330 e. The van der Waals surface area contributed by atoms with Crippen LogP contribution >= 0.6 is 0 Å². The highest BCUT2D eigenvalue weighted by molar-refractivity contribution is 5.98. The number of carbonyl (C=O) groups excluding carboxylic acids is 3. The molecule has 0 bridgehead atoms. The van der Waals surface area contributed by atoms with Crippen LogP contribution in [0.1, 0.15) is 36.0 Å². The normalized spacial score (nSPS) is 16.9. The van der Waals surface area contributed by atoms with Crippen molar-refractivity contribution >= 4 is 17.7 Å². The van der Waals surface area contributed by atoms with Crippen LogP contribution in [0, 0.1) is 5.82 Å². The summed E-state index contributed by atoms with van der Waals surface area (Å²) in [5.74, 6) is -2.39. The summed E-state index contributed by atoms with van der Waals surface area (Å²) in [6.45, 7) is 0.718. The Bertz CT molecular complexity index is 610. The molecule has 0 amide bonds. The van der Waals surface area contributed by atoms with Crippen LogP contribution in [-0.2, 0) is 14.3 Å². The molecule has 23 heavy (non-hydrogen) atoms. The van der Waals surface area contributed by atoms with Gasteiger partial charge < -0.3 is 14.8 Å². The average molecular weight is 323 g/mol. The van der Waals surface area contributed by atoms with Gasteiger partial charge in [0.1, 0.15) is 6.04 Å². The zero-order valence-electron chi connectivity index (χ0n) is 12.8. The van der Waals surface area contributed by atoms with Crippen molar-refractivity contribution in [2.24, 2.45) is 0 Å². The second-order valence-corrected chi connectivity index (χ2v) is 5.21. The molecule has 0 radical (unpaired) electrons. The van der Waals surface area contributed by atoms with Crippen LogP contribution in [0.3, 0.4) is 0 Å². The number of halogens is 1. The largest absolute Gasteiger partial charge is 0.494 e. The van der Waals surface area contributed by atoms with E-state index in [-0.39, 0.29) is 24.2 Å². The number of methoxy groups -OCH3 is 1. The lowest BCUT2D eigenvalue weighted by Gasteiger charge is -2.08. The molecular weight excluding hydrogens is 305 g/mol. The third-order valence-electron chi connectivity index (χ3n) is 3.59. The molecule has 7 heteroatoms. The summed E-state index contributed by atoms with van der Waals surface area (Å²) in [6, 6.07) is 3.37. The molecule has 124 valence electrons. The van der Waals surface area contributed by atoms with Crippen LogP contribution in [0.5, 0.6) is 5.75 Å². The van der Waals surface area contributed by atoms with Crippen molar-refractivity contribution in [2.75, 3.05) is 13.7 Å². The van der Waals surface area contributed by atoms with Gasteiger partial charge in [0.05, 0.1) is 13.5 Å². The monoisotopic (exact) mass is 323 g/mol. The van der Waals surface area contributed by atoms with Gasteiger partial charge >= 0.3 is 11.9 Å². The van der Waals surface area contributed by atoms with Crippen molar-refractivity contribution in [2.45, 2.75) is 31.7 Å². The number of ether oxygens (including phenoxy) is 2. The summed E-state index contributed by atoms with van der Waals surface area (Å²) in [4.78, 5) is 35.2. The fourth-order valence-electron chi connectivity index (χ4n) is 2.32. The molecule has 1 aliphatic rings. The molecule has 1 atom stereocenters. The van der Waals surface area contributed by atoms with Gasteiger partial charge in [0.2, 0.25) is 0 Å². The van der Waals surface area contributed by atoms with Crippen molar-refractivity contribution in [1.29, 1.82) is 0 Å². The lowest BCUT2D eigenvalue weighted by molar-refractivity contribution is -0.160. The Morgan fingerprint density at radius 1 is 1.30 bits per heavy atom. The van der Waals surface area contributed by atoms with Crippen LogP contribution in [0.4, 0.5) is 4.39 Å². The van der Waals surface area contributed by atoms with Gasteiger partial charge in [0, 0.05) is 12.0 Å². The van der Waals surface area contributed by atoms with E-state index in [1.54, 1.807) is 0 Å². The third-order valence-corrected chi connectivity index (χ3v) is 3.59. The van der Waals surface area contributed by atoms with Crippen molar-refractivity contribution in [3.05, 3.63) is 29.6 Å².